The van der Waals surface area contributed by atoms with Gasteiger partial charge in [-0.15, -0.1) is 0 Å². The molecule has 0 N–H and O–H groups in total. The van der Waals surface area contributed by atoms with Crippen molar-refractivity contribution < 1.29 is 23.7 Å². The fraction of sp³-hybridized carbons (Fsp3) is 0.263. The Morgan fingerprint density at radius 3 is 2.78 bits per heavy atom. The van der Waals surface area contributed by atoms with Crippen LogP contribution in [0.25, 0.3) is 6.08 Å². The highest BCUT2D eigenvalue weighted by Gasteiger charge is 2.34. The van der Waals surface area contributed by atoms with Crippen LogP contribution in [0.5, 0.6) is 0 Å². The van der Waals surface area contributed by atoms with Crippen LogP contribution in [-0.4, -0.2) is 28.9 Å². The van der Waals surface area contributed by atoms with E-state index in [0.717, 1.165) is 23.7 Å². The second-order valence-electron chi connectivity index (χ2n) is 6.24. The number of ether oxygens (including phenoxy) is 1. The van der Waals surface area contributed by atoms with Crippen LogP contribution in [0.4, 0.5) is 11.6 Å². The number of anilines is 1. The zero-order valence-electron chi connectivity index (χ0n) is 14.8. The first-order valence-electron chi connectivity index (χ1n) is 8.40. The average Bonchev–Trinajstić information content (AvgIpc) is 3.23. The number of nitrogens with zero attached hydrogens (tertiary/aromatic N) is 2. The van der Waals surface area contributed by atoms with Crippen molar-refractivity contribution in [1.29, 1.82) is 0 Å². The smallest absolute Gasteiger partial charge is 0.433 e. The van der Waals surface area contributed by atoms with Gasteiger partial charge < -0.3 is 14.1 Å². The molecule has 0 radical (unpaired) electrons. The van der Waals surface area contributed by atoms with Crippen molar-refractivity contribution in [3.8, 4) is 0 Å². The molecule has 2 aromatic rings. The molecule has 27 heavy (non-hydrogen) atoms. The summed E-state index contributed by atoms with van der Waals surface area (Å²) >= 11 is 0. The molecule has 3 rings (SSSR count). The van der Waals surface area contributed by atoms with Crippen molar-refractivity contribution in [2.75, 3.05) is 4.90 Å². The molecule has 1 aliphatic rings. The molecule has 1 aromatic carbocycles. The number of carbonyl (C=O) groups excluding carboxylic acids is 2. The highest BCUT2D eigenvalue weighted by molar-refractivity contribution is 6.00. The minimum atomic E-state index is -0.971. The predicted octanol–water partition coefficient (Wildman–Crippen LogP) is 3.11. The zero-order chi connectivity index (χ0) is 19.6. The molecule has 8 nitrogen and oxygen atoms in total. The molecular formula is C19H18N2O6. The molecule has 2 atom stereocenters. The minimum Gasteiger partial charge on any atom is -0.449 e. The van der Waals surface area contributed by atoms with Gasteiger partial charge in [0.05, 0.1) is 6.07 Å². The number of furan rings is 1. The SMILES string of the molecule is C[C@H](OC(=O)/C=C/c1ccc([N+](=O)[O-])o1)C(=O)N1c2ccccc2C[C@@H]1C. The fourth-order valence-corrected chi connectivity index (χ4v) is 3.04. The Morgan fingerprint density at radius 1 is 1.33 bits per heavy atom. The third-order valence-corrected chi connectivity index (χ3v) is 4.26. The van der Waals surface area contributed by atoms with Gasteiger partial charge in [0.2, 0.25) is 0 Å². The standard InChI is InChI=1S/C19H18N2O6/c1-12-11-14-5-3-4-6-16(14)20(12)19(23)13(2)26-18(22)10-8-15-7-9-17(27-15)21(24)25/h3-10,12-13H,11H2,1-2H3/b10-8+/t12-,13-/m0/s1. The summed E-state index contributed by atoms with van der Waals surface area (Å²) in [4.78, 5) is 36.2. The quantitative estimate of drug-likeness (QED) is 0.347. The van der Waals surface area contributed by atoms with E-state index in [0.29, 0.717) is 0 Å². The molecule has 1 amide bonds. The Bertz CT molecular complexity index is 916. The Morgan fingerprint density at radius 2 is 2.07 bits per heavy atom. The fourth-order valence-electron chi connectivity index (χ4n) is 3.04. The van der Waals surface area contributed by atoms with Crippen molar-refractivity contribution in [3.05, 3.63) is 63.9 Å². The lowest BCUT2D eigenvalue weighted by Gasteiger charge is -2.25. The van der Waals surface area contributed by atoms with Gasteiger partial charge in [0.15, 0.2) is 6.10 Å². The molecule has 0 bridgehead atoms. The Balaban J connectivity index is 1.63. The first-order chi connectivity index (χ1) is 12.9. The molecule has 1 aromatic heterocycles. The molecule has 0 spiro atoms. The largest absolute Gasteiger partial charge is 0.449 e. The normalized spacial score (nSPS) is 17.0. The summed E-state index contributed by atoms with van der Waals surface area (Å²) in [5, 5.41) is 10.6. The number of hydrogen-bond acceptors (Lipinski definition) is 6. The van der Waals surface area contributed by atoms with Crippen LogP contribution in [0.15, 0.2) is 46.9 Å². The number of rotatable bonds is 5. The second-order valence-corrected chi connectivity index (χ2v) is 6.24. The third kappa shape index (κ3) is 3.89. The van der Waals surface area contributed by atoms with Crippen molar-refractivity contribution in [1.82, 2.24) is 0 Å². The molecule has 0 aliphatic carbocycles. The number of para-hydroxylation sites is 1. The van der Waals surface area contributed by atoms with E-state index in [4.69, 9.17) is 9.15 Å². The summed E-state index contributed by atoms with van der Waals surface area (Å²) in [5.74, 6) is -1.33. The summed E-state index contributed by atoms with van der Waals surface area (Å²) in [6.07, 6.45) is 2.09. The highest BCUT2D eigenvalue weighted by Crippen LogP contribution is 2.32. The summed E-state index contributed by atoms with van der Waals surface area (Å²) in [5.41, 5.74) is 1.91. The van der Waals surface area contributed by atoms with Gasteiger partial charge in [-0.3, -0.25) is 14.9 Å². The molecule has 1 aliphatic heterocycles. The third-order valence-electron chi connectivity index (χ3n) is 4.26. The van der Waals surface area contributed by atoms with Crippen LogP contribution < -0.4 is 4.90 Å². The Labute approximate surface area is 155 Å². The van der Waals surface area contributed by atoms with Crippen LogP contribution in [0, 0.1) is 10.1 Å². The van der Waals surface area contributed by atoms with Crippen LogP contribution in [-0.2, 0) is 20.7 Å². The number of carbonyl (C=O) groups is 2. The maximum Gasteiger partial charge on any atom is 0.433 e. The lowest BCUT2D eigenvalue weighted by atomic mass is 10.1. The minimum absolute atomic E-state index is 0.0183. The number of nitro groups is 1. The van der Waals surface area contributed by atoms with Gasteiger partial charge in [-0.05, 0) is 44.0 Å². The molecule has 140 valence electrons. The molecule has 2 heterocycles. The second kappa shape index (κ2) is 7.45. The first kappa shape index (κ1) is 18.4. The van der Waals surface area contributed by atoms with E-state index in [-0.39, 0.29) is 17.7 Å². The van der Waals surface area contributed by atoms with Gasteiger partial charge >= 0.3 is 11.9 Å². The van der Waals surface area contributed by atoms with Gasteiger partial charge in [0.1, 0.15) is 10.7 Å². The summed E-state index contributed by atoms with van der Waals surface area (Å²) in [7, 11) is 0. The first-order valence-corrected chi connectivity index (χ1v) is 8.40. The monoisotopic (exact) mass is 370 g/mol. The highest BCUT2D eigenvalue weighted by atomic mass is 16.6. The summed E-state index contributed by atoms with van der Waals surface area (Å²) in [6, 6.07) is 10.2. The maximum absolute atomic E-state index is 12.7. The van der Waals surface area contributed by atoms with E-state index in [1.54, 1.807) is 4.90 Å². The van der Waals surface area contributed by atoms with E-state index in [1.807, 2.05) is 31.2 Å². The van der Waals surface area contributed by atoms with Gasteiger partial charge in [0, 0.05) is 17.8 Å². The molecule has 8 heteroatoms. The number of esters is 1. The van der Waals surface area contributed by atoms with Crippen LogP contribution >= 0.6 is 0 Å². The molecule has 0 unspecified atom stereocenters. The topological polar surface area (TPSA) is 103 Å². The summed E-state index contributed by atoms with van der Waals surface area (Å²) < 4.78 is 10.1. The van der Waals surface area contributed by atoms with E-state index < -0.39 is 22.9 Å². The molecular weight excluding hydrogens is 352 g/mol. The van der Waals surface area contributed by atoms with Crippen LogP contribution in [0.3, 0.4) is 0 Å². The van der Waals surface area contributed by atoms with Gasteiger partial charge in [-0.2, -0.15) is 0 Å². The number of hydrogen-bond donors (Lipinski definition) is 0. The van der Waals surface area contributed by atoms with E-state index in [2.05, 4.69) is 0 Å². The molecule has 0 saturated carbocycles. The zero-order valence-corrected chi connectivity index (χ0v) is 14.8. The maximum atomic E-state index is 12.7. The number of benzene rings is 1. The van der Waals surface area contributed by atoms with Crippen molar-refractivity contribution in [2.24, 2.45) is 0 Å². The average molecular weight is 370 g/mol. The van der Waals surface area contributed by atoms with Crippen LogP contribution in [0.1, 0.15) is 25.2 Å². The van der Waals surface area contributed by atoms with Gasteiger partial charge in [-0.25, -0.2) is 4.79 Å². The van der Waals surface area contributed by atoms with Crippen LogP contribution in [0.2, 0.25) is 0 Å². The number of fused-ring (bicyclic) bond motifs is 1. The predicted molar refractivity (Wildman–Crippen MR) is 97.0 cm³/mol. The van der Waals surface area contributed by atoms with Crippen molar-refractivity contribution in [3.63, 3.8) is 0 Å². The van der Waals surface area contributed by atoms with E-state index in [9.17, 15) is 19.7 Å². The number of amides is 1. The molecule has 0 fully saturated rings. The lowest BCUT2D eigenvalue weighted by Crippen LogP contribution is -2.43. The van der Waals surface area contributed by atoms with E-state index >= 15 is 0 Å². The Hall–Kier alpha value is -3.42. The van der Waals surface area contributed by atoms with Crippen molar-refractivity contribution >= 4 is 29.5 Å². The summed E-state index contributed by atoms with van der Waals surface area (Å²) in [6.45, 7) is 3.45. The Kier molecular flexibility index (Phi) is 5.07. The van der Waals surface area contributed by atoms with E-state index in [1.165, 1.54) is 25.1 Å². The van der Waals surface area contributed by atoms with Crippen molar-refractivity contribution in [2.45, 2.75) is 32.4 Å². The van der Waals surface area contributed by atoms with Gasteiger partial charge in [-0.1, -0.05) is 18.2 Å². The molecule has 0 saturated heterocycles. The van der Waals surface area contributed by atoms with Gasteiger partial charge in [0.25, 0.3) is 5.91 Å². The lowest BCUT2D eigenvalue weighted by molar-refractivity contribution is -0.402.